The highest BCUT2D eigenvalue weighted by molar-refractivity contribution is 5.89. The van der Waals surface area contributed by atoms with Crippen LogP contribution in [0.4, 0.5) is 4.79 Å². The van der Waals surface area contributed by atoms with Crippen LogP contribution in [0.15, 0.2) is 78.9 Å². The molecule has 40 heavy (non-hydrogen) atoms. The van der Waals surface area contributed by atoms with Gasteiger partial charge in [0.1, 0.15) is 12.6 Å². The molecule has 1 heterocycles. The molecule has 3 aromatic carbocycles. The van der Waals surface area contributed by atoms with Crippen molar-refractivity contribution in [3.8, 4) is 11.1 Å². The number of amides is 2. The summed E-state index contributed by atoms with van der Waals surface area (Å²) in [5.41, 5.74) is 5.59. The number of nitrogens with zero attached hydrogens (tertiary/aromatic N) is 2. The molecule has 2 aliphatic rings. The molecule has 0 bridgehead atoms. The number of ether oxygens (including phenoxy) is 1. The lowest BCUT2D eigenvalue weighted by atomic mass is 9.98. The zero-order valence-corrected chi connectivity index (χ0v) is 22.7. The molecule has 2 amide bonds. The van der Waals surface area contributed by atoms with Crippen LogP contribution in [0.3, 0.4) is 0 Å². The largest absolute Gasteiger partial charge is 0.481 e. The lowest BCUT2D eigenvalue weighted by Crippen LogP contribution is -2.50. The van der Waals surface area contributed by atoms with Crippen LogP contribution in [0.2, 0.25) is 0 Å². The van der Waals surface area contributed by atoms with Gasteiger partial charge >= 0.3 is 12.1 Å². The van der Waals surface area contributed by atoms with Crippen molar-refractivity contribution in [1.82, 2.24) is 15.1 Å². The second kappa shape index (κ2) is 12.3. The molecule has 0 radical (unpaired) electrons. The van der Waals surface area contributed by atoms with Crippen molar-refractivity contribution in [3.05, 3.63) is 95.6 Å². The second-order valence-corrected chi connectivity index (χ2v) is 10.5. The van der Waals surface area contributed by atoms with E-state index < -0.39 is 30.4 Å². The maximum Gasteiger partial charge on any atom is 0.407 e. The highest BCUT2D eigenvalue weighted by atomic mass is 16.5. The van der Waals surface area contributed by atoms with E-state index in [0.29, 0.717) is 19.6 Å². The molecule has 1 fully saturated rings. The highest BCUT2D eigenvalue weighted by Crippen LogP contribution is 2.44. The van der Waals surface area contributed by atoms with Crippen LogP contribution in [0.5, 0.6) is 0 Å². The first kappa shape index (κ1) is 27.4. The summed E-state index contributed by atoms with van der Waals surface area (Å²) in [6.07, 6.45) is -0.554. The molecule has 2 atom stereocenters. The molecule has 3 aromatic rings. The molecule has 0 aromatic heterocycles. The minimum Gasteiger partial charge on any atom is -0.481 e. The Balaban J connectivity index is 1.21. The minimum atomic E-state index is -1.20. The van der Waals surface area contributed by atoms with Gasteiger partial charge in [0.2, 0.25) is 5.91 Å². The fourth-order valence-corrected chi connectivity index (χ4v) is 5.76. The zero-order chi connectivity index (χ0) is 28.1. The quantitative estimate of drug-likeness (QED) is 0.436. The van der Waals surface area contributed by atoms with Crippen molar-refractivity contribution < 1.29 is 24.2 Å². The van der Waals surface area contributed by atoms with E-state index >= 15 is 0 Å². The van der Waals surface area contributed by atoms with Crippen LogP contribution in [0.25, 0.3) is 11.1 Å². The number of carboxylic acids is 1. The predicted octanol–water partition coefficient (Wildman–Crippen LogP) is 4.49. The maximum absolute atomic E-state index is 13.5. The summed E-state index contributed by atoms with van der Waals surface area (Å²) in [4.78, 5) is 41.9. The van der Waals surface area contributed by atoms with Crippen molar-refractivity contribution >= 4 is 18.0 Å². The number of carboxylic acid groups (broad SMARTS) is 1. The van der Waals surface area contributed by atoms with Gasteiger partial charge in [-0.05, 0) is 41.2 Å². The van der Waals surface area contributed by atoms with Gasteiger partial charge in [0.25, 0.3) is 0 Å². The Bertz CT molecular complexity index is 1320. The summed E-state index contributed by atoms with van der Waals surface area (Å²) in [7, 11) is 0. The minimum absolute atomic E-state index is 0.0868. The number of fused-ring (bicyclic) bond motifs is 3. The van der Waals surface area contributed by atoms with Gasteiger partial charge in [-0.15, -0.1) is 0 Å². The number of carbonyl (C=O) groups excluding carboxylic acids is 2. The SMILES string of the molecule is CC1CCN(C(=O)C(CC(=O)O)NC(=O)OCC2c3ccccc3-c3ccccc32)CCN1Cc1ccccc1. The number of aliphatic carboxylic acids is 1. The normalized spacial score (nSPS) is 17.8. The molecule has 208 valence electrons. The van der Waals surface area contributed by atoms with Gasteiger partial charge in [0.15, 0.2) is 0 Å². The monoisotopic (exact) mass is 541 g/mol. The van der Waals surface area contributed by atoms with E-state index in [0.717, 1.165) is 35.2 Å². The van der Waals surface area contributed by atoms with E-state index in [1.54, 1.807) is 4.90 Å². The summed E-state index contributed by atoms with van der Waals surface area (Å²) in [6.45, 7) is 4.61. The molecule has 2 N–H and O–H groups in total. The molecule has 5 rings (SSSR count). The molecule has 8 nitrogen and oxygen atoms in total. The van der Waals surface area contributed by atoms with Gasteiger partial charge in [-0.25, -0.2) is 4.79 Å². The highest BCUT2D eigenvalue weighted by Gasteiger charge is 2.33. The number of nitrogens with one attached hydrogen (secondary N) is 1. The van der Waals surface area contributed by atoms with Gasteiger partial charge in [-0.2, -0.15) is 0 Å². The van der Waals surface area contributed by atoms with E-state index in [-0.39, 0.29) is 18.6 Å². The number of benzene rings is 3. The molecule has 1 saturated heterocycles. The molecule has 1 aliphatic heterocycles. The summed E-state index contributed by atoms with van der Waals surface area (Å²) in [5.74, 6) is -1.69. The van der Waals surface area contributed by atoms with Gasteiger partial charge in [-0.1, -0.05) is 78.9 Å². The summed E-state index contributed by atoms with van der Waals surface area (Å²) in [5, 5.41) is 12.1. The Morgan fingerprint density at radius 1 is 0.900 bits per heavy atom. The Labute approximate surface area is 234 Å². The topological polar surface area (TPSA) is 99.2 Å². The average Bonchev–Trinajstić information content (AvgIpc) is 3.16. The molecule has 2 unspecified atom stereocenters. The van der Waals surface area contributed by atoms with Crippen LogP contribution in [0, 0.1) is 0 Å². The standard InChI is InChI=1S/C32H35N3O5/c1-22-15-16-34(17-18-35(22)20-23-9-3-2-4-10-23)31(38)29(19-30(36)37)33-32(39)40-21-28-26-13-7-5-11-24(26)25-12-6-8-14-27(25)28/h2-14,22,28-29H,15-21H2,1H3,(H,33,39)(H,36,37). The number of alkyl carbamates (subject to hydrolysis) is 1. The zero-order valence-electron chi connectivity index (χ0n) is 22.7. The van der Waals surface area contributed by atoms with E-state index in [9.17, 15) is 19.5 Å². The summed E-state index contributed by atoms with van der Waals surface area (Å²) in [6, 6.07) is 25.3. The van der Waals surface area contributed by atoms with Crippen LogP contribution in [-0.2, 0) is 20.9 Å². The lowest BCUT2D eigenvalue weighted by Gasteiger charge is -2.27. The first-order chi connectivity index (χ1) is 19.4. The van der Waals surface area contributed by atoms with Crippen molar-refractivity contribution in [1.29, 1.82) is 0 Å². The molecule has 8 heteroatoms. The van der Waals surface area contributed by atoms with E-state index in [1.807, 2.05) is 54.6 Å². The lowest BCUT2D eigenvalue weighted by molar-refractivity contribution is -0.142. The Morgan fingerprint density at radius 3 is 2.17 bits per heavy atom. The van der Waals surface area contributed by atoms with Crippen LogP contribution in [-0.4, -0.2) is 71.2 Å². The smallest absolute Gasteiger partial charge is 0.407 e. The van der Waals surface area contributed by atoms with Gasteiger partial charge in [-0.3, -0.25) is 14.5 Å². The fourth-order valence-electron chi connectivity index (χ4n) is 5.76. The molecule has 1 aliphatic carbocycles. The van der Waals surface area contributed by atoms with Crippen LogP contribution < -0.4 is 5.32 Å². The van der Waals surface area contributed by atoms with Gasteiger partial charge in [0, 0.05) is 38.1 Å². The fraction of sp³-hybridized carbons (Fsp3) is 0.344. The van der Waals surface area contributed by atoms with E-state index in [1.165, 1.54) is 5.56 Å². The van der Waals surface area contributed by atoms with Crippen molar-refractivity contribution in [2.24, 2.45) is 0 Å². The van der Waals surface area contributed by atoms with Crippen molar-refractivity contribution in [3.63, 3.8) is 0 Å². The first-order valence-corrected chi connectivity index (χ1v) is 13.8. The van der Waals surface area contributed by atoms with Gasteiger partial charge < -0.3 is 20.1 Å². The molecule has 0 saturated carbocycles. The predicted molar refractivity (Wildman–Crippen MR) is 152 cm³/mol. The third kappa shape index (κ3) is 6.18. The molecular formula is C32H35N3O5. The Morgan fingerprint density at radius 2 is 1.52 bits per heavy atom. The van der Waals surface area contributed by atoms with E-state index in [2.05, 4.69) is 41.4 Å². The number of rotatable bonds is 8. The Kier molecular flexibility index (Phi) is 8.45. The number of carbonyl (C=O) groups is 3. The first-order valence-electron chi connectivity index (χ1n) is 13.8. The van der Waals surface area contributed by atoms with Crippen molar-refractivity contribution in [2.75, 3.05) is 26.2 Å². The van der Waals surface area contributed by atoms with E-state index in [4.69, 9.17) is 4.74 Å². The average molecular weight is 542 g/mol. The Hall–Kier alpha value is -4.17. The third-order valence-electron chi connectivity index (χ3n) is 7.95. The van der Waals surface area contributed by atoms with Crippen LogP contribution >= 0.6 is 0 Å². The number of hydrogen-bond donors (Lipinski definition) is 2. The maximum atomic E-state index is 13.5. The third-order valence-corrected chi connectivity index (χ3v) is 7.95. The van der Waals surface area contributed by atoms with Gasteiger partial charge in [0.05, 0.1) is 6.42 Å². The summed E-state index contributed by atoms with van der Waals surface area (Å²) < 4.78 is 5.59. The van der Waals surface area contributed by atoms with Crippen molar-refractivity contribution in [2.45, 2.75) is 44.3 Å². The van der Waals surface area contributed by atoms with Crippen LogP contribution in [0.1, 0.15) is 42.4 Å². The summed E-state index contributed by atoms with van der Waals surface area (Å²) >= 11 is 0. The molecule has 0 spiro atoms. The number of hydrogen-bond acceptors (Lipinski definition) is 5. The second-order valence-electron chi connectivity index (χ2n) is 10.5. The molecular weight excluding hydrogens is 506 g/mol.